The molecular formula is C27H20F6N6O2. The fourth-order valence-corrected chi connectivity index (χ4v) is 4.17. The monoisotopic (exact) mass is 574 g/mol. The smallest absolute Gasteiger partial charge is 0.433 e. The number of carbonyl (C=O) groups is 1. The zero-order valence-corrected chi connectivity index (χ0v) is 21.4. The Balaban J connectivity index is 1.45. The van der Waals surface area contributed by atoms with E-state index in [-0.39, 0.29) is 29.3 Å². The first-order valence-corrected chi connectivity index (χ1v) is 12.0. The molecule has 5 aromatic rings. The van der Waals surface area contributed by atoms with Crippen LogP contribution in [0.4, 0.5) is 32.2 Å². The van der Waals surface area contributed by atoms with E-state index in [9.17, 15) is 31.1 Å². The molecule has 212 valence electrons. The fraction of sp³-hybridized carbons (Fsp3) is 0.185. The summed E-state index contributed by atoms with van der Waals surface area (Å²) in [6, 6.07) is 13.3. The molecule has 0 unspecified atom stereocenters. The normalized spacial score (nSPS) is 12.1. The molecule has 5 rings (SSSR count). The molecule has 0 saturated heterocycles. The molecule has 2 aromatic carbocycles. The predicted molar refractivity (Wildman–Crippen MR) is 135 cm³/mol. The molecule has 1 N–H and O–H groups in total. The van der Waals surface area contributed by atoms with Gasteiger partial charge in [0.05, 0.1) is 31.1 Å². The Morgan fingerprint density at radius 3 is 2.37 bits per heavy atom. The van der Waals surface area contributed by atoms with E-state index in [2.05, 4.69) is 20.5 Å². The standard InChI is InChI=1S/C27H20F6N6O2/c1-15-10-23(37-38(15)14-16-4-3-5-18(11-16)26(28,29)30)36-25(40)20-13-34-39-22(27(31,32)33)12-21(35-24(20)39)17-6-8-19(41-2)9-7-17/h3-13H,14H2,1-2H3,(H,36,37,40). The lowest BCUT2D eigenvalue weighted by Gasteiger charge is -2.12. The molecule has 0 atom stereocenters. The van der Waals surface area contributed by atoms with E-state index >= 15 is 0 Å². The molecule has 0 aliphatic rings. The van der Waals surface area contributed by atoms with Crippen LogP contribution in [0, 0.1) is 6.92 Å². The Bertz CT molecular complexity index is 1740. The number of aryl methyl sites for hydroxylation is 1. The second kappa shape index (κ2) is 10.3. The van der Waals surface area contributed by atoms with Gasteiger partial charge in [0.25, 0.3) is 5.91 Å². The maximum Gasteiger partial charge on any atom is 0.433 e. The summed E-state index contributed by atoms with van der Waals surface area (Å²) in [4.78, 5) is 17.4. The van der Waals surface area contributed by atoms with Gasteiger partial charge in [-0.1, -0.05) is 12.1 Å². The quantitative estimate of drug-likeness (QED) is 0.243. The molecule has 0 bridgehead atoms. The molecule has 3 heterocycles. The van der Waals surface area contributed by atoms with Crippen molar-refractivity contribution >= 4 is 17.4 Å². The highest BCUT2D eigenvalue weighted by atomic mass is 19.4. The third-order valence-electron chi connectivity index (χ3n) is 6.20. The van der Waals surface area contributed by atoms with E-state index in [1.165, 1.54) is 42.1 Å². The second-order valence-corrected chi connectivity index (χ2v) is 9.03. The Labute approximate surface area is 228 Å². The highest BCUT2D eigenvalue weighted by Gasteiger charge is 2.36. The Morgan fingerprint density at radius 2 is 1.71 bits per heavy atom. The topological polar surface area (TPSA) is 86.3 Å². The van der Waals surface area contributed by atoms with Gasteiger partial charge in [0.15, 0.2) is 17.2 Å². The van der Waals surface area contributed by atoms with Crippen LogP contribution in [0.1, 0.15) is 32.9 Å². The summed E-state index contributed by atoms with van der Waals surface area (Å²) in [5, 5.41) is 10.5. The van der Waals surface area contributed by atoms with Gasteiger partial charge in [-0.15, -0.1) is 0 Å². The van der Waals surface area contributed by atoms with E-state index in [0.717, 1.165) is 24.4 Å². The Morgan fingerprint density at radius 1 is 0.976 bits per heavy atom. The summed E-state index contributed by atoms with van der Waals surface area (Å²) in [6.07, 6.45) is -8.34. The number of hydrogen-bond acceptors (Lipinski definition) is 5. The van der Waals surface area contributed by atoms with Crippen LogP contribution in [0.15, 0.2) is 66.9 Å². The zero-order valence-electron chi connectivity index (χ0n) is 21.4. The van der Waals surface area contributed by atoms with Gasteiger partial charge in [-0.05, 0) is 55.0 Å². The third kappa shape index (κ3) is 5.71. The molecule has 41 heavy (non-hydrogen) atoms. The van der Waals surface area contributed by atoms with Crippen LogP contribution in [-0.4, -0.2) is 37.4 Å². The van der Waals surface area contributed by atoms with Gasteiger partial charge in [0.1, 0.15) is 11.3 Å². The highest BCUT2D eigenvalue weighted by molar-refractivity contribution is 6.07. The number of fused-ring (bicyclic) bond motifs is 1. The lowest BCUT2D eigenvalue weighted by Crippen LogP contribution is -2.16. The lowest BCUT2D eigenvalue weighted by atomic mass is 10.1. The molecule has 0 aliphatic carbocycles. The van der Waals surface area contributed by atoms with Crippen LogP contribution in [0.25, 0.3) is 16.9 Å². The van der Waals surface area contributed by atoms with Gasteiger partial charge in [0.2, 0.25) is 0 Å². The number of anilines is 1. The van der Waals surface area contributed by atoms with Crippen molar-refractivity contribution in [3.8, 4) is 17.0 Å². The van der Waals surface area contributed by atoms with Crippen LogP contribution in [0.2, 0.25) is 0 Å². The molecule has 0 fully saturated rings. The minimum absolute atomic E-state index is 0.00986. The van der Waals surface area contributed by atoms with Crippen molar-refractivity contribution in [3.63, 3.8) is 0 Å². The number of ether oxygens (including phenoxy) is 1. The second-order valence-electron chi connectivity index (χ2n) is 9.03. The van der Waals surface area contributed by atoms with Gasteiger partial charge in [-0.25, -0.2) is 9.50 Å². The van der Waals surface area contributed by atoms with Crippen molar-refractivity contribution in [1.29, 1.82) is 0 Å². The molecule has 0 radical (unpaired) electrons. The molecule has 3 aromatic heterocycles. The zero-order chi connectivity index (χ0) is 29.5. The van der Waals surface area contributed by atoms with Crippen LogP contribution in [-0.2, 0) is 18.9 Å². The number of aromatic nitrogens is 5. The van der Waals surface area contributed by atoms with E-state index in [4.69, 9.17) is 4.74 Å². The molecule has 0 saturated carbocycles. The maximum atomic E-state index is 13.9. The molecule has 1 amide bonds. The molecular weight excluding hydrogens is 554 g/mol. The van der Waals surface area contributed by atoms with Crippen molar-refractivity contribution in [1.82, 2.24) is 24.4 Å². The Hall–Kier alpha value is -4.88. The number of nitrogens with zero attached hydrogens (tertiary/aromatic N) is 5. The van der Waals surface area contributed by atoms with Gasteiger partial charge in [-0.3, -0.25) is 9.48 Å². The first kappa shape index (κ1) is 27.7. The lowest BCUT2D eigenvalue weighted by molar-refractivity contribution is -0.142. The summed E-state index contributed by atoms with van der Waals surface area (Å²) in [6.45, 7) is 1.63. The van der Waals surface area contributed by atoms with E-state index in [1.807, 2.05) is 0 Å². The van der Waals surface area contributed by atoms with Crippen LogP contribution in [0.5, 0.6) is 5.75 Å². The van der Waals surface area contributed by atoms with Crippen LogP contribution >= 0.6 is 0 Å². The fourth-order valence-electron chi connectivity index (χ4n) is 4.17. The molecule has 14 heteroatoms. The number of amides is 1. The van der Waals surface area contributed by atoms with Gasteiger partial charge < -0.3 is 10.1 Å². The minimum atomic E-state index is -4.80. The largest absolute Gasteiger partial charge is 0.497 e. The molecule has 0 aliphatic heterocycles. The van der Waals surface area contributed by atoms with Crippen LogP contribution in [0.3, 0.4) is 0 Å². The van der Waals surface area contributed by atoms with Crippen molar-refractivity contribution in [2.75, 3.05) is 12.4 Å². The van der Waals surface area contributed by atoms with E-state index in [0.29, 0.717) is 27.1 Å². The number of rotatable bonds is 6. The number of alkyl halides is 6. The number of halogens is 6. The van der Waals surface area contributed by atoms with Crippen LogP contribution < -0.4 is 10.1 Å². The molecule has 0 spiro atoms. The summed E-state index contributed by atoms with van der Waals surface area (Å²) < 4.78 is 88.0. The number of hydrogen-bond donors (Lipinski definition) is 1. The van der Waals surface area contributed by atoms with E-state index < -0.39 is 29.5 Å². The van der Waals surface area contributed by atoms with Crippen molar-refractivity contribution in [2.24, 2.45) is 0 Å². The Kier molecular flexibility index (Phi) is 6.93. The number of benzene rings is 2. The van der Waals surface area contributed by atoms with Crippen molar-refractivity contribution < 1.29 is 35.9 Å². The van der Waals surface area contributed by atoms with Gasteiger partial charge in [-0.2, -0.15) is 36.5 Å². The third-order valence-corrected chi connectivity index (χ3v) is 6.20. The number of nitrogens with one attached hydrogen (secondary N) is 1. The first-order valence-electron chi connectivity index (χ1n) is 12.0. The molecule has 8 nitrogen and oxygen atoms in total. The maximum absolute atomic E-state index is 13.9. The van der Waals surface area contributed by atoms with Gasteiger partial charge in [0, 0.05) is 17.3 Å². The summed E-state index contributed by atoms with van der Waals surface area (Å²) >= 11 is 0. The summed E-state index contributed by atoms with van der Waals surface area (Å²) in [5.41, 5.74) is -1.33. The average molecular weight is 574 g/mol. The van der Waals surface area contributed by atoms with E-state index in [1.54, 1.807) is 19.1 Å². The number of carbonyl (C=O) groups excluding carboxylic acids is 1. The average Bonchev–Trinajstić information content (AvgIpc) is 3.50. The first-order chi connectivity index (χ1) is 19.3. The van der Waals surface area contributed by atoms with Crippen molar-refractivity contribution in [2.45, 2.75) is 25.8 Å². The highest BCUT2D eigenvalue weighted by Crippen LogP contribution is 2.33. The summed E-state index contributed by atoms with van der Waals surface area (Å²) in [7, 11) is 1.45. The van der Waals surface area contributed by atoms with Gasteiger partial charge >= 0.3 is 12.4 Å². The van der Waals surface area contributed by atoms with Crippen molar-refractivity contribution in [3.05, 3.63) is 94.9 Å². The SMILES string of the molecule is COc1ccc(-c2cc(C(F)(F)F)n3ncc(C(=O)Nc4cc(C)n(Cc5cccc(C(F)(F)F)c5)n4)c3n2)cc1. The summed E-state index contributed by atoms with van der Waals surface area (Å²) in [5.74, 6) is -0.282. The predicted octanol–water partition coefficient (Wildman–Crippen LogP) is 6.25. The minimum Gasteiger partial charge on any atom is -0.497 e. The number of methoxy groups -OCH3 is 1.